The predicted molar refractivity (Wildman–Crippen MR) is 108 cm³/mol. The number of halogens is 1. The van der Waals surface area contributed by atoms with Crippen LogP contribution in [-0.2, 0) is 14.4 Å². The van der Waals surface area contributed by atoms with E-state index < -0.39 is 11.9 Å². The van der Waals surface area contributed by atoms with Crippen molar-refractivity contribution >= 4 is 40.9 Å². The minimum atomic E-state index is -1.82. The molecule has 2 aromatic rings. The van der Waals surface area contributed by atoms with Crippen molar-refractivity contribution in [2.75, 3.05) is 11.9 Å². The van der Waals surface area contributed by atoms with Crippen molar-refractivity contribution in [1.82, 2.24) is 5.32 Å². The van der Waals surface area contributed by atoms with Crippen molar-refractivity contribution in [3.8, 4) is 0 Å². The van der Waals surface area contributed by atoms with Crippen LogP contribution < -0.4 is 10.6 Å². The largest absolute Gasteiger partial charge is 0.473 e. The molecule has 0 aliphatic rings. The molecule has 0 aliphatic carbocycles. The van der Waals surface area contributed by atoms with Gasteiger partial charge >= 0.3 is 11.9 Å². The third-order valence-electron chi connectivity index (χ3n) is 3.70. The van der Waals surface area contributed by atoms with E-state index in [9.17, 15) is 9.59 Å². The highest BCUT2D eigenvalue weighted by Gasteiger charge is 2.11. The summed E-state index contributed by atoms with van der Waals surface area (Å²) in [5, 5.41) is 21.4. The van der Waals surface area contributed by atoms with Crippen LogP contribution in [0.3, 0.4) is 0 Å². The maximum absolute atomic E-state index is 12.1. The van der Waals surface area contributed by atoms with Gasteiger partial charge in [-0.3, -0.25) is 9.59 Å². The maximum Gasteiger partial charge on any atom is 0.414 e. The summed E-state index contributed by atoms with van der Waals surface area (Å²) in [4.78, 5) is 41.8. The Morgan fingerprint density at radius 2 is 1.52 bits per heavy atom. The van der Waals surface area contributed by atoms with E-state index >= 15 is 0 Å². The van der Waals surface area contributed by atoms with E-state index in [0.29, 0.717) is 16.3 Å². The Morgan fingerprint density at radius 3 is 2.03 bits per heavy atom. The smallest absolute Gasteiger partial charge is 0.414 e. The van der Waals surface area contributed by atoms with E-state index in [1.807, 2.05) is 31.2 Å². The molecule has 1 amide bonds. The van der Waals surface area contributed by atoms with Crippen molar-refractivity contribution in [1.29, 1.82) is 0 Å². The monoisotopic (exact) mass is 420 g/mol. The van der Waals surface area contributed by atoms with Gasteiger partial charge in [0.1, 0.15) is 0 Å². The fraction of sp³-hybridized carbons (Fsp3) is 0.200. The fourth-order valence-electron chi connectivity index (χ4n) is 2.21. The molecule has 0 spiro atoms. The van der Waals surface area contributed by atoms with Crippen LogP contribution in [0.25, 0.3) is 0 Å². The Morgan fingerprint density at radius 1 is 0.966 bits per heavy atom. The number of rotatable bonds is 6. The summed E-state index contributed by atoms with van der Waals surface area (Å²) in [5.74, 6) is -3.92. The molecule has 0 heterocycles. The first-order valence-corrected chi connectivity index (χ1v) is 8.84. The molecule has 0 saturated heterocycles. The summed E-state index contributed by atoms with van der Waals surface area (Å²) in [7, 11) is 0. The van der Waals surface area contributed by atoms with Crippen LogP contribution in [-0.4, -0.2) is 40.4 Å². The van der Waals surface area contributed by atoms with E-state index in [0.717, 1.165) is 5.56 Å². The van der Waals surface area contributed by atoms with Crippen LogP contribution in [0.4, 0.5) is 5.69 Å². The molecule has 8 nitrogen and oxygen atoms in total. The normalized spacial score (nSPS) is 10.9. The van der Waals surface area contributed by atoms with E-state index in [2.05, 4.69) is 10.6 Å². The van der Waals surface area contributed by atoms with E-state index in [1.54, 1.807) is 24.3 Å². The van der Waals surface area contributed by atoms with Crippen molar-refractivity contribution < 1.29 is 29.4 Å². The zero-order chi connectivity index (χ0) is 22.0. The van der Waals surface area contributed by atoms with Gasteiger partial charge in [-0.2, -0.15) is 0 Å². The summed E-state index contributed by atoms with van der Waals surface area (Å²) in [6.45, 7) is 3.60. The van der Waals surface area contributed by atoms with Crippen LogP contribution >= 0.6 is 11.6 Å². The number of anilines is 1. The fourth-order valence-corrected chi connectivity index (χ4v) is 2.33. The average molecular weight is 421 g/mol. The Balaban J connectivity index is 0.000000612. The summed E-state index contributed by atoms with van der Waals surface area (Å²) in [6.07, 6.45) is 0. The van der Waals surface area contributed by atoms with Gasteiger partial charge < -0.3 is 20.8 Å². The molecule has 0 saturated carbocycles. The number of para-hydroxylation sites is 1. The van der Waals surface area contributed by atoms with Gasteiger partial charge in [0, 0.05) is 16.6 Å². The highest BCUT2D eigenvalue weighted by atomic mass is 35.5. The van der Waals surface area contributed by atoms with E-state index in [-0.39, 0.29) is 24.3 Å². The zero-order valence-corrected chi connectivity index (χ0v) is 16.6. The van der Waals surface area contributed by atoms with Gasteiger partial charge in [-0.25, -0.2) is 9.59 Å². The van der Waals surface area contributed by atoms with Crippen molar-refractivity contribution in [2.24, 2.45) is 0 Å². The lowest BCUT2D eigenvalue weighted by Crippen LogP contribution is -2.30. The third-order valence-corrected chi connectivity index (χ3v) is 3.95. The summed E-state index contributed by atoms with van der Waals surface area (Å²) < 4.78 is 0. The Hall–Kier alpha value is -3.23. The second kappa shape index (κ2) is 11.6. The second-order valence-corrected chi connectivity index (χ2v) is 6.35. The SMILES string of the molecule is CC(=O)c1ccccc1NC(=O)CNC(C)c1ccc(Cl)cc1.O=C(O)C(=O)O. The minimum Gasteiger partial charge on any atom is -0.473 e. The molecule has 9 heteroatoms. The third kappa shape index (κ3) is 8.54. The van der Waals surface area contributed by atoms with E-state index in [4.69, 9.17) is 31.4 Å². The summed E-state index contributed by atoms with van der Waals surface area (Å²) in [5.41, 5.74) is 2.09. The van der Waals surface area contributed by atoms with Crippen LogP contribution in [0.2, 0.25) is 5.02 Å². The number of benzene rings is 2. The number of Topliss-reactive ketones (excluding diaryl/α,β-unsaturated/α-hetero) is 1. The van der Waals surface area contributed by atoms with Crippen molar-refractivity contribution in [3.05, 3.63) is 64.7 Å². The number of amides is 1. The number of carboxylic acids is 2. The quantitative estimate of drug-likeness (QED) is 0.417. The van der Waals surface area contributed by atoms with Gasteiger partial charge in [-0.1, -0.05) is 35.9 Å². The number of aliphatic carboxylic acids is 2. The molecule has 0 fully saturated rings. The molecular weight excluding hydrogens is 400 g/mol. The highest BCUT2D eigenvalue weighted by Crippen LogP contribution is 2.17. The Bertz CT molecular complexity index is 871. The van der Waals surface area contributed by atoms with E-state index in [1.165, 1.54) is 6.92 Å². The van der Waals surface area contributed by atoms with Crippen LogP contribution in [0.1, 0.15) is 35.8 Å². The summed E-state index contributed by atoms with van der Waals surface area (Å²) in [6, 6.07) is 14.5. The first kappa shape index (κ1) is 23.8. The van der Waals surface area contributed by atoms with Gasteiger partial charge in [0.2, 0.25) is 5.91 Å². The van der Waals surface area contributed by atoms with Gasteiger partial charge in [-0.15, -0.1) is 0 Å². The van der Waals surface area contributed by atoms with Crippen LogP contribution in [0.5, 0.6) is 0 Å². The van der Waals surface area contributed by atoms with Crippen molar-refractivity contribution in [2.45, 2.75) is 19.9 Å². The molecule has 0 aliphatic heterocycles. The first-order chi connectivity index (χ1) is 13.6. The van der Waals surface area contributed by atoms with Gasteiger partial charge in [-0.05, 0) is 43.7 Å². The lowest BCUT2D eigenvalue weighted by Gasteiger charge is -2.15. The second-order valence-electron chi connectivity index (χ2n) is 5.91. The number of nitrogens with one attached hydrogen (secondary N) is 2. The zero-order valence-electron chi connectivity index (χ0n) is 15.8. The molecule has 0 bridgehead atoms. The molecule has 2 aromatic carbocycles. The van der Waals surface area contributed by atoms with Gasteiger partial charge in [0.15, 0.2) is 5.78 Å². The minimum absolute atomic E-state index is 0.0149. The Kier molecular flexibility index (Phi) is 9.50. The number of carbonyl (C=O) groups is 4. The highest BCUT2D eigenvalue weighted by molar-refractivity contribution is 6.30. The number of carbonyl (C=O) groups excluding carboxylic acids is 2. The predicted octanol–water partition coefficient (Wildman–Crippen LogP) is 2.99. The molecule has 0 aromatic heterocycles. The molecule has 2 rings (SSSR count). The number of ketones is 1. The molecule has 29 heavy (non-hydrogen) atoms. The van der Waals surface area contributed by atoms with Crippen LogP contribution in [0, 0.1) is 0 Å². The first-order valence-electron chi connectivity index (χ1n) is 8.46. The lowest BCUT2D eigenvalue weighted by atomic mass is 10.1. The average Bonchev–Trinajstić information content (AvgIpc) is 2.67. The summed E-state index contributed by atoms with van der Waals surface area (Å²) >= 11 is 5.86. The lowest BCUT2D eigenvalue weighted by molar-refractivity contribution is -0.159. The Labute approximate surface area is 172 Å². The number of hydrogen-bond donors (Lipinski definition) is 4. The van der Waals surface area contributed by atoms with Gasteiger partial charge in [0.25, 0.3) is 0 Å². The topological polar surface area (TPSA) is 133 Å². The van der Waals surface area contributed by atoms with Gasteiger partial charge in [0.05, 0.1) is 12.2 Å². The number of hydrogen-bond acceptors (Lipinski definition) is 5. The van der Waals surface area contributed by atoms with Crippen molar-refractivity contribution in [3.63, 3.8) is 0 Å². The molecular formula is C20H21ClN2O6. The number of carboxylic acid groups (broad SMARTS) is 2. The molecule has 0 radical (unpaired) electrons. The molecule has 4 N–H and O–H groups in total. The van der Waals surface area contributed by atoms with Crippen LogP contribution in [0.15, 0.2) is 48.5 Å². The maximum atomic E-state index is 12.1. The molecule has 1 atom stereocenters. The molecule has 1 unspecified atom stereocenters. The molecule has 154 valence electrons. The standard InChI is InChI=1S/C18H19ClN2O2.C2H2O4/c1-12(14-7-9-15(19)10-8-14)20-11-18(23)21-17-6-4-3-5-16(17)13(2)22;3-1(4)2(5)6/h3-10,12,20H,11H2,1-2H3,(H,21,23);(H,3,4)(H,5,6).